The number of fused-ring (bicyclic) bond motifs is 1. The number of para-hydroxylation sites is 1. The Bertz CT molecular complexity index is 624. The smallest absolute Gasteiger partial charge is 0.138 e. The van der Waals surface area contributed by atoms with Crippen LogP contribution in [0.5, 0.6) is 0 Å². The highest BCUT2D eigenvalue weighted by molar-refractivity contribution is 5.69. The predicted octanol–water partition coefficient (Wildman–Crippen LogP) is 3.63. The molecule has 2 aromatic rings. The van der Waals surface area contributed by atoms with E-state index in [1.807, 2.05) is 6.07 Å². The van der Waals surface area contributed by atoms with Gasteiger partial charge in [-0.05, 0) is 30.9 Å². The largest absolute Gasteiger partial charge is 0.370 e. The Kier molecular flexibility index (Phi) is 3.78. The van der Waals surface area contributed by atoms with Crippen LogP contribution in [-0.2, 0) is 6.42 Å². The molecule has 1 aromatic heterocycles. The summed E-state index contributed by atoms with van der Waals surface area (Å²) in [6.07, 6.45) is 2.71. The first-order valence-electron chi connectivity index (χ1n) is 7.58. The van der Waals surface area contributed by atoms with Crippen LogP contribution in [-0.4, -0.2) is 22.6 Å². The Labute approximate surface area is 126 Å². The van der Waals surface area contributed by atoms with Gasteiger partial charge in [0.15, 0.2) is 0 Å². The second-order valence-electron chi connectivity index (χ2n) is 6.09. The van der Waals surface area contributed by atoms with Crippen LogP contribution in [0, 0.1) is 5.92 Å². The first-order chi connectivity index (χ1) is 10.1. The van der Waals surface area contributed by atoms with Crippen LogP contribution in [0.4, 0.5) is 17.3 Å². The minimum Gasteiger partial charge on any atom is -0.370 e. The molecule has 110 valence electrons. The van der Waals surface area contributed by atoms with Crippen LogP contribution in [0.2, 0.25) is 0 Å². The van der Waals surface area contributed by atoms with Gasteiger partial charge >= 0.3 is 0 Å². The van der Waals surface area contributed by atoms with Crippen molar-refractivity contribution in [1.29, 1.82) is 0 Å². The van der Waals surface area contributed by atoms with Crippen LogP contribution < -0.4 is 10.2 Å². The van der Waals surface area contributed by atoms with Crippen LogP contribution >= 0.6 is 0 Å². The lowest BCUT2D eigenvalue weighted by Gasteiger charge is -2.24. The molecule has 2 heterocycles. The number of rotatable bonds is 4. The van der Waals surface area contributed by atoms with Gasteiger partial charge in [-0.3, -0.25) is 0 Å². The third-order valence-corrected chi connectivity index (χ3v) is 3.80. The first-order valence-corrected chi connectivity index (χ1v) is 7.58. The van der Waals surface area contributed by atoms with Crippen LogP contribution in [0.15, 0.2) is 36.7 Å². The molecular formula is C17H22N4. The van der Waals surface area contributed by atoms with E-state index in [1.165, 1.54) is 11.3 Å². The highest BCUT2D eigenvalue weighted by Crippen LogP contribution is 2.37. The lowest BCUT2D eigenvalue weighted by Crippen LogP contribution is -2.25. The van der Waals surface area contributed by atoms with E-state index in [-0.39, 0.29) is 0 Å². The maximum Gasteiger partial charge on any atom is 0.138 e. The Morgan fingerprint density at radius 3 is 2.90 bits per heavy atom. The van der Waals surface area contributed by atoms with Crippen molar-refractivity contribution < 1.29 is 0 Å². The summed E-state index contributed by atoms with van der Waals surface area (Å²) in [6.45, 7) is 7.54. The van der Waals surface area contributed by atoms with Gasteiger partial charge in [-0.1, -0.05) is 32.0 Å². The first kappa shape index (κ1) is 13.9. The highest BCUT2D eigenvalue weighted by Gasteiger charge is 2.27. The van der Waals surface area contributed by atoms with Crippen molar-refractivity contribution in [3.8, 4) is 0 Å². The van der Waals surface area contributed by atoms with Crippen molar-refractivity contribution in [3.05, 3.63) is 42.2 Å². The maximum atomic E-state index is 4.47. The minimum absolute atomic E-state index is 0.426. The molecule has 0 radical (unpaired) electrons. The van der Waals surface area contributed by atoms with Crippen LogP contribution in [0.1, 0.15) is 26.3 Å². The van der Waals surface area contributed by atoms with Gasteiger partial charge in [0.05, 0.1) is 0 Å². The molecule has 1 aromatic carbocycles. The van der Waals surface area contributed by atoms with Gasteiger partial charge in [-0.2, -0.15) is 0 Å². The van der Waals surface area contributed by atoms with Gasteiger partial charge in [0.25, 0.3) is 0 Å². The van der Waals surface area contributed by atoms with Crippen molar-refractivity contribution in [2.75, 3.05) is 16.8 Å². The molecule has 0 aliphatic carbocycles. The van der Waals surface area contributed by atoms with Gasteiger partial charge in [-0.25, -0.2) is 9.97 Å². The molecule has 1 atom stereocenters. The number of anilines is 3. The normalized spacial score (nSPS) is 17.1. The Hall–Kier alpha value is -2.10. The summed E-state index contributed by atoms with van der Waals surface area (Å²) >= 11 is 0. The molecule has 3 rings (SSSR count). The minimum atomic E-state index is 0.426. The zero-order chi connectivity index (χ0) is 14.8. The van der Waals surface area contributed by atoms with E-state index in [9.17, 15) is 0 Å². The van der Waals surface area contributed by atoms with Crippen molar-refractivity contribution in [2.45, 2.75) is 33.2 Å². The van der Waals surface area contributed by atoms with Gasteiger partial charge < -0.3 is 10.2 Å². The average molecular weight is 282 g/mol. The summed E-state index contributed by atoms with van der Waals surface area (Å²) in [5.74, 6) is 2.45. The number of aromatic nitrogens is 2. The number of nitrogens with zero attached hydrogens (tertiary/aromatic N) is 3. The van der Waals surface area contributed by atoms with Gasteiger partial charge in [0.1, 0.15) is 18.0 Å². The predicted molar refractivity (Wildman–Crippen MR) is 87.1 cm³/mol. The van der Waals surface area contributed by atoms with Crippen LogP contribution in [0.25, 0.3) is 0 Å². The number of benzene rings is 1. The molecule has 4 nitrogen and oxygen atoms in total. The lowest BCUT2D eigenvalue weighted by atomic mass is 10.1. The van der Waals surface area contributed by atoms with Gasteiger partial charge in [0, 0.05) is 24.3 Å². The fourth-order valence-corrected chi connectivity index (χ4v) is 2.80. The molecule has 4 heteroatoms. The van der Waals surface area contributed by atoms with Crippen molar-refractivity contribution >= 4 is 17.3 Å². The Morgan fingerprint density at radius 2 is 2.10 bits per heavy atom. The number of nitrogens with one attached hydrogen (secondary N) is 1. The van der Waals surface area contributed by atoms with Crippen molar-refractivity contribution in [3.63, 3.8) is 0 Å². The molecule has 0 saturated heterocycles. The summed E-state index contributed by atoms with van der Waals surface area (Å²) in [5, 5.41) is 3.37. The Balaban J connectivity index is 1.88. The quantitative estimate of drug-likeness (QED) is 0.929. The lowest BCUT2D eigenvalue weighted by molar-refractivity contribution is 0.686. The molecule has 1 aliphatic rings. The molecule has 0 spiro atoms. The van der Waals surface area contributed by atoms with E-state index in [0.717, 1.165) is 24.6 Å². The standard InChI is InChI=1S/C17H22N4/c1-12(2)10-18-16-9-17(20-11-19-16)21-13(3)8-14-6-4-5-7-15(14)21/h4-7,9,11-13H,8,10H2,1-3H3,(H,18,19,20). The van der Waals surface area contributed by atoms with Crippen molar-refractivity contribution in [2.24, 2.45) is 5.92 Å². The highest BCUT2D eigenvalue weighted by atomic mass is 15.2. The van der Waals surface area contributed by atoms with E-state index in [0.29, 0.717) is 12.0 Å². The molecule has 1 aliphatic heterocycles. The van der Waals surface area contributed by atoms with Crippen LogP contribution in [0.3, 0.4) is 0 Å². The molecular weight excluding hydrogens is 260 g/mol. The van der Waals surface area contributed by atoms with Gasteiger partial charge in [-0.15, -0.1) is 0 Å². The fourth-order valence-electron chi connectivity index (χ4n) is 2.80. The summed E-state index contributed by atoms with van der Waals surface area (Å²) in [4.78, 5) is 11.1. The fraction of sp³-hybridized carbons (Fsp3) is 0.412. The zero-order valence-corrected chi connectivity index (χ0v) is 12.9. The van der Waals surface area contributed by atoms with Crippen molar-refractivity contribution in [1.82, 2.24) is 9.97 Å². The average Bonchev–Trinajstić information content (AvgIpc) is 2.81. The SMILES string of the molecule is CC(C)CNc1cc(N2c3ccccc3CC2C)ncn1. The Morgan fingerprint density at radius 1 is 1.29 bits per heavy atom. The third kappa shape index (κ3) is 2.84. The molecule has 0 saturated carbocycles. The molecule has 1 unspecified atom stereocenters. The molecule has 0 amide bonds. The monoisotopic (exact) mass is 282 g/mol. The molecule has 0 bridgehead atoms. The summed E-state index contributed by atoms with van der Waals surface area (Å²) in [7, 11) is 0. The zero-order valence-electron chi connectivity index (χ0n) is 12.9. The summed E-state index contributed by atoms with van der Waals surface area (Å²) in [5.41, 5.74) is 2.65. The summed E-state index contributed by atoms with van der Waals surface area (Å²) < 4.78 is 0. The van der Waals surface area contributed by atoms with E-state index in [1.54, 1.807) is 6.33 Å². The number of hydrogen-bond acceptors (Lipinski definition) is 4. The second-order valence-corrected chi connectivity index (χ2v) is 6.09. The number of hydrogen-bond donors (Lipinski definition) is 1. The second kappa shape index (κ2) is 5.72. The topological polar surface area (TPSA) is 41.0 Å². The maximum absolute atomic E-state index is 4.47. The van der Waals surface area contributed by atoms with Gasteiger partial charge in [0.2, 0.25) is 0 Å². The van der Waals surface area contributed by atoms with E-state index >= 15 is 0 Å². The molecule has 21 heavy (non-hydrogen) atoms. The van der Waals surface area contributed by atoms with E-state index < -0.39 is 0 Å². The van der Waals surface area contributed by atoms with E-state index in [2.05, 4.69) is 65.2 Å². The van der Waals surface area contributed by atoms with E-state index in [4.69, 9.17) is 0 Å². The third-order valence-electron chi connectivity index (χ3n) is 3.80. The molecule has 0 fully saturated rings. The molecule has 1 N–H and O–H groups in total. The summed E-state index contributed by atoms with van der Waals surface area (Å²) in [6, 6.07) is 11.0.